The van der Waals surface area contributed by atoms with Crippen LogP contribution in [0.2, 0.25) is 0 Å². The second kappa shape index (κ2) is 5.25. The Kier molecular flexibility index (Phi) is 4.17. The maximum atomic E-state index is 10.0. The predicted octanol–water partition coefficient (Wildman–Crippen LogP) is 1.29. The summed E-state index contributed by atoms with van der Waals surface area (Å²) >= 11 is 0. The highest BCUT2D eigenvalue weighted by atomic mass is 16.5. The van der Waals surface area contributed by atoms with Crippen LogP contribution in [0.5, 0.6) is 11.5 Å². The molecule has 0 saturated carbocycles. The SMILES string of the molecule is COc1cc(C#N)cc([C@H](N)C(C)(C)CO)c1O. The zero-order chi connectivity index (χ0) is 13.9. The van der Waals surface area contributed by atoms with Gasteiger partial charge in [0.1, 0.15) is 0 Å². The number of rotatable bonds is 4. The smallest absolute Gasteiger partial charge is 0.162 e. The molecular formula is C13H18N2O3. The molecular weight excluding hydrogens is 232 g/mol. The molecule has 0 unspecified atom stereocenters. The normalized spacial score (nSPS) is 12.9. The van der Waals surface area contributed by atoms with E-state index in [-0.39, 0.29) is 18.1 Å². The number of methoxy groups -OCH3 is 1. The number of phenols is 1. The van der Waals surface area contributed by atoms with Gasteiger partial charge in [-0.2, -0.15) is 5.26 Å². The number of hydrogen-bond donors (Lipinski definition) is 3. The van der Waals surface area contributed by atoms with Crippen molar-refractivity contribution in [1.82, 2.24) is 0 Å². The molecule has 5 heteroatoms. The van der Waals surface area contributed by atoms with Crippen molar-refractivity contribution in [3.63, 3.8) is 0 Å². The number of aliphatic hydroxyl groups excluding tert-OH is 1. The van der Waals surface area contributed by atoms with Crippen molar-refractivity contribution in [2.24, 2.45) is 11.1 Å². The third-order valence-electron chi connectivity index (χ3n) is 3.04. The molecule has 0 bridgehead atoms. The van der Waals surface area contributed by atoms with Crippen LogP contribution >= 0.6 is 0 Å². The largest absolute Gasteiger partial charge is 0.504 e. The Bertz CT molecular complexity index is 478. The third-order valence-corrected chi connectivity index (χ3v) is 3.04. The van der Waals surface area contributed by atoms with Gasteiger partial charge in [-0.25, -0.2) is 0 Å². The number of ether oxygens (including phenoxy) is 1. The average Bonchev–Trinajstić information content (AvgIpc) is 2.38. The highest BCUT2D eigenvalue weighted by Crippen LogP contribution is 2.40. The van der Waals surface area contributed by atoms with E-state index in [1.54, 1.807) is 13.8 Å². The minimum absolute atomic E-state index is 0.0921. The van der Waals surface area contributed by atoms with Gasteiger partial charge >= 0.3 is 0 Å². The molecule has 0 spiro atoms. The first-order valence-corrected chi connectivity index (χ1v) is 5.54. The van der Waals surface area contributed by atoms with E-state index in [0.29, 0.717) is 11.1 Å². The molecule has 0 aliphatic rings. The molecule has 4 N–H and O–H groups in total. The second-order valence-electron chi connectivity index (χ2n) is 4.85. The van der Waals surface area contributed by atoms with E-state index in [1.807, 2.05) is 6.07 Å². The summed E-state index contributed by atoms with van der Waals surface area (Å²) in [5.74, 6) is 0.110. The molecule has 0 radical (unpaired) electrons. The van der Waals surface area contributed by atoms with Gasteiger partial charge in [0.25, 0.3) is 0 Å². The van der Waals surface area contributed by atoms with E-state index < -0.39 is 11.5 Å². The first kappa shape index (κ1) is 14.3. The zero-order valence-electron chi connectivity index (χ0n) is 10.8. The van der Waals surface area contributed by atoms with E-state index in [0.717, 1.165) is 0 Å². The molecule has 0 heterocycles. The topological polar surface area (TPSA) is 99.5 Å². The van der Waals surface area contributed by atoms with Crippen molar-refractivity contribution in [3.8, 4) is 17.6 Å². The molecule has 0 amide bonds. The van der Waals surface area contributed by atoms with Crippen LogP contribution in [0.4, 0.5) is 0 Å². The van der Waals surface area contributed by atoms with Crippen LogP contribution in [0.1, 0.15) is 31.0 Å². The van der Waals surface area contributed by atoms with Gasteiger partial charge in [-0.15, -0.1) is 0 Å². The van der Waals surface area contributed by atoms with Gasteiger partial charge < -0.3 is 20.7 Å². The lowest BCUT2D eigenvalue weighted by molar-refractivity contribution is 0.131. The molecule has 1 rings (SSSR count). The number of benzene rings is 1. The van der Waals surface area contributed by atoms with Crippen LogP contribution in [0.25, 0.3) is 0 Å². The number of phenolic OH excluding ortho intramolecular Hbond substituents is 1. The number of hydrogen-bond acceptors (Lipinski definition) is 5. The molecule has 0 aliphatic carbocycles. The predicted molar refractivity (Wildman–Crippen MR) is 67.2 cm³/mol. The molecule has 5 nitrogen and oxygen atoms in total. The Hall–Kier alpha value is -1.77. The minimum Gasteiger partial charge on any atom is -0.504 e. The fraction of sp³-hybridized carbons (Fsp3) is 0.462. The Morgan fingerprint density at radius 2 is 2.11 bits per heavy atom. The molecule has 1 aromatic rings. The summed E-state index contributed by atoms with van der Waals surface area (Å²) in [5.41, 5.74) is 6.18. The van der Waals surface area contributed by atoms with E-state index in [2.05, 4.69) is 0 Å². The number of nitrogens with zero attached hydrogens (tertiary/aromatic N) is 1. The number of nitriles is 1. The van der Waals surface area contributed by atoms with Crippen molar-refractivity contribution in [3.05, 3.63) is 23.3 Å². The first-order valence-electron chi connectivity index (χ1n) is 5.54. The summed E-state index contributed by atoms with van der Waals surface area (Å²) in [5, 5.41) is 28.3. The Labute approximate surface area is 106 Å². The van der Waals surface area contributed by atoms with Gasteiger partial charge in [0.15, 0.2) is 11.5 Å². The van der Waals surface area contributed by atoms with Crippen molar-refractivity contribution in [1.29, 1.82) is 5.26 Å². The highest BCUT2D eigenvalue weighted by molar-refractivity contribution is 5.53. The lowest BCUT2D eigenvalue weighted by Crippen LogP contribution is -2.32. The van der Waals surface area contributed by atoms with Crippen LogP contribution in [-0.4, -0.2) is 23.9 Å². The van der Waals surface area contributed by atoms with Gasteiger partial charge in [0.05, 0.1) is 18.7 Å². The lowest BCUT2D eigenvalue weighted by Gasteiger charge is -2.30. The van der Waals surface area contributed by atoms with E-state index in [4.69, 9.17) is 15.7 Å². The van der Waals surface area contributed by atoms with Gasteiger partial charge in [-0.3, -0.25) is 0 Å². The van der Waals surface area contributed by atoms with Crippen LogP contribution < -0.4 is 10.5 Å². The van der Waals surface area contributed by atoms with Crippen LogP contribution in [0, 0.1) is 16.7 Å². The molecule has 0 aliphatic heterocycles. The minimum atomic E-state index is -0.615. The van der Waals surface area contributed by atoms with E-state index in [9.17, 15) is 10.2 Å². The van der Waals surface area contributed by atoms with Gasteiger partial charge in [-0.1, -0.05) is 13.8 Å². The fourth-order valence-corrected chi connectivity index (χ4v) is 1.61. The Morgan fingerprint density at radius 3 is 2.56 bits per heavy atom. The quantitative estimate of drug-likeness (QED) is 0.747. The summed E-state index contributed by atoms with van der Waals surface area (Å²) in [7, 11) is 1.41. The number of nitrogens with two attached hydrogens (primary N) is 1. The summed E-state index contributed by atoms with van der Waals surface area (Å²) in [6.07, 6.45) is 0. The molecule has 0 saturated heterocycles. The summed E-state index contributed by atoms with van der Waals surface area (Å²) in [4.78, 5) is 0. The number of aliphatic hydroxyl groups is 1. The highest BCUT2D eigenvalue weighted by Gasteiger charge is 2.30. The van der Waals surface area contributed by atoms with Crippen molar-refractivity contribution in [2.75, 3.05) is 13.7 Å². The van der Waals surface area contributed by atoms with Crippen molar-refractivity contribution < 1.29 is 14.9 Å². The summed E-state index contributed by atoms with van der Waals surface area (Å²) in [6.45, 7) is 3.43. The summed E-state index contributed by atoms with van der Waals surface area (Å²) in [6, 6.07) is 4.33. The Balaban J connectivity index is 3.36. The molecule has 1 aromatic carbocycles. The average molecular weight is 250 g/mol. The summed E-state index contributed by atoms with van der Waals surface area (Å²) < 4.78 is 5.01. The van der Waals surface area contributed by atoms with Gasteiger partial charge in [0, 0.05) is 29.7 Å². The standard InChI is InChI=1S/C13H18N2O3/c1-13(2,7-16)12(15)9-4-8(6-14)5-10(18-3)11(9)17/h4-5,12,16-17H,7,15H2,1-3H3/t12-/m0/s1. The molecule has 1 atom stereocenters. The number of aromatic hydroxyl groups is 1. The third kappa shape index (κ3) is 2.55. The van der Waals surface area contributed by atoms with Crippen LogP contribution in [-0.2, 0) is 0 Å². The van der Waals surface area contributed by atoms with Crippen LogP contribution in [0.3, 0.4) is 0 Å². The maximum absolute atomic E-state index is 10.0. The molecule has 0 aromatic heterocycles. The van der Waals surface area contributed by atoms with Crippen molar-refractivity contribution >= 4 is 0 Å². The van der Waals surface area contributed by atoms with Crippen LogP contribution in [0.15, 0.2) is 12.1 Å². The zero-order valence-corrected chi connectivity index (χ0v) is 10.8. The molecule has 0 fully saturated rings. The Morgan fingerprint density at radius 1 is 1.50 bits per heavy atom. The van der Waals surface area contributed by atoms with E-state index >= 15 is 0 Å². The first-order chi connectivity index (χ1) is 8.37. The molecule has 18 heavy (non-hydrogen) atoms. The van der Waals surface area contributed by atoms with E-state index in [1.165, 1.54) is 19.2 Å². The van der Waals surface area contributed by atoms with Crippen molar-refractivity contribution in [2.45, 2.75) is 19.9 Å². The van der Waals surface area contributed by atoms with Gasteiger partial charge in [-0.05, 0) is 6.07 Å². The second-order valence-corrected chi connectivity index (χ2v) is 4.85. The fourth-order valence-electron chi connectivity index (χ4n) is 1.61. The lowest BCUT2D eigenvalue weighted by atomic mass is 9.81. The monoisotopic (exact) mass is 250 g/mol. The molecule has 98 valence electrons. The maximum Gasteiger partial charge on any atom is 0.162 e. The van der Waals surface area contributed by atoms with Gasteiger partial charge in [0.2, 0.25) is 0 Å².